The molecule has 1 atom stereocenters. The van der Waals surface area contributed by atoms with Crippen LogP contribution >= 0.6 is 11.6 Å². The lowest BCUT2D eigenvalue weighted by molar-refractivity contribution is -0.143. The second-order valence-corrected chi connectivity index (χ2v) is 6.05. The van der Waals surface area contributed by atoms with Gasteiger partial charge in [0.1, 0.15) is 11.5 Å². The van der Waals surface area contributed by atoms with Gasteiger partial charge in [-0.15, -0.1) is 0 Å². The highest BCUT2D eigenvalue weighted by atomic mass is 35.5. The summed E-state index contributed by atoms with van der Waals surface area (Å²) in [6, 6.07) is 11.8. The van der Waals surface area contributed by atoms with Gasteiger partial charge in [0.25, 0.3) is 17.4 Å². The predicted octanol–water partition coefficient (Wildman–Crippen LogP) is 3.47. The molecule has 0 radical (unpaired) electrons. The molecule has 0 aromatic heterocycles. The maximum Gasteiger partial charge on any atom is 0.278 e. The van der Waals surface area contributed by atoms with Crippen LogP contribution in [0.4, 0.5) is 11.4 Å². The monoisotopic (exact) mass is 360 g/mol. The quantitative estimate of drug-likeness (QED) is 0.818. The Morgan fingerprint density at radius 3 is 2.84 bits per heavy atom. The molecule has 130 valence electrons. The molecule has 0 saturated carbocycles. The van der Waals surface area contributed by atoms with Crippen molar-refractivity contribution in [3.8, 4) is 11.5 Å². The number of hydrogen-bond donors (Lipinski definition) is 2. The number of benzene rings is 2. The van der Waals surface area contributed by atoms with Crippen LogP contribution in [-0.2, 0) is 9.59 Å². The van der Waals surface area contributed by atoms with E-state index in [4.69, 9.17) is 21.1 Å². The Kier molecular flexibility index (Phi) is 4.55. The fraction of sp³-hybridized carbons (Fsp3) is 0.222. The summed E-state index contributed by atoms with van der Waals surface area (Å²) in [6.45, 7) is 3.72. The summed E-state index contributed by atoms with van der Waals surface area (Å²) in [4.78, 5) is 25.2. The molecule has 3 rings (SSSR count). The highest BCUT2D eigenvalue weighted by Crippen LogP contribution is 2.36. The summed E-state index contributed by atoms with van der Waals surface area (Å²) >= 11 is 5.91. The molecule has 6 nitrogen and oxygen atoms in total. The first-order valence-electron chi connectivity index (χ1n) is 7.77. The van der Waals surface area contributed by atoms with Crippen molar-refractivity contribution in [2.75, 3.05) is 17.2 Å². The van der Waals surface area contributed by atoms with Crippen LogP contribution in [0.2, 0.25) is 5.02 Å². The summed E-state index contributed by atoms with van der Waals surface area (Å²) in [5, 5.41) is 5.82. The number of halogens is 1. The second kappa shape index (κ2) is 6.64. The maximum absolute atomic E-state index is 12.8. The molecule has 0 saturated heterocycles. The van der Waals surface area contributed by atoms with E-state index in [1.165, 1.54) is 6.92 Å². The molecule has 0 aliphatic carbocycles. The molecule has 0 fully saturated rings. The van der Waals surface area contributed by atoms with Gasteiger partial charge in [-0.3, -0.25) is 9.59 Å². The maximum atomic E-state index is 12.8. The van der Waals surface area contributed by atoms with Gasteiger partial charge in [-0.1, -0.05) is 23.7 Å². The molecular formula is C18H17ClN2O4. The summed E-state index contributed by atoms with van der Waals surface area (Å²) in [6.07, 6.45) is 0. The van der Waals surface area contributed by atoms with E-state index >= 15 is 0 Å². The lowest BCUT2D eigenvalue weighted by Gasteiger charge is -2.33. The molecule has 7 heteroatoms. The summed E-state index contributed by atoms with van der Waals surface area (Å²) in [5.74, 6) is -0.281. The largest absolute Gasteiger partial charge is 0.492 e. The number of carbonyl (C=O) groups excluding carboxylic acids is 2. The first-order chi connectivity index (χ1) is 11.9. The molecule has 2 amide bonds. The number of hydrogen-bond acceptors (Lipinski definition) is 4. The SMILES string of the molecule is CCOc1ccccc1NC(=O)C1(C)Oc2ccc(Cl)cc2NC1=O. The van der Waals surface area contributed by atoms with E-state index in [9.17, 15) is 9.59 Å². The van der Waals surface area contributed by atoms with Crippen molar-refractivity contribution in [3.05, 3.63) is 47.5 Å². The summed E-state index contributed by atoms with van der Waals surface area (Å²) in [7, 11) is 0. The molecule has 1 heterocycles. The zero-order chi connectivity index (χ0) is 18.0. The number of rotatable bonds is 4. The van der Waals surface area contributed by atoms with Gasteiger partial charge >= 0.3 is 0 Å². The molecular weight excluding hydrogens is 344 g/mol. The third-order valence-corrected chi connectivity index (χ3v) is 4.04. The van der Waals surface area contributed by atoms with Gasteiger partial charge in [-0.25, -0.2) is 0 Å². The Hall–Kier alpha value is -2.73. The molecule has 0 spiro atoms. The number of carbonyl (C=O) groups is 2. The first kappa shape index (κ1) is 17.1. The van der Waals surface area contributed by atoms with E-state index in [0.717, 1.165) is 0 Å². The van der Waals surface area contributed by atoms with Gasteiger partial charge in [-0.2, -0.15) is 0 Å². The van der Waals surface area contributed by atoms with Gasteiger partial charge in [0.05, 0.1) is 18.0 Å². The topological polar surface area (TPSA) is 76.7 Å². The van der Waals surface area contributed by atoms with Crippen molar-refractivity contribution in [2.24, 2.45) is 0 Å². The Morgan fingerprint density at radius 2 is 2.08 bits per heavy atom. The number of fused-ring (bicyclic) bond motifs is 1. The number of anilines is 2. The summed E-state index contributed by atoms with van der Waals surface area (Å²) < 4.78 is 11.2. The van der Waals surface area contributed by atoms with Crippen LogP contribution in [0.3, 0.4) is 0 Å². The predicted molar refractivity (Wildman–Crippen MR) is 95.4 cm³/mol. The standard InChI is InChI=1S/C18H17ClN2O4/c1-3-24-14-7-5-4-6-12(14)20-16(22)18(2)17(23)21-13-10-11(19)8-9-15(13)25-18/h4-10H,3H2,1-2H3,(H,20,22)(H,21,23). The fourth-order valence-corrected chi connectivity index (χ4v) is 2.61. The molecule has 2 N–H and O–H groups in total. The van der Waals surface area contributed by atoms with Crippen molar-refractivity contribution in [3.63, 3.8) is 0 Å². The molecule has 2 aromatic carbocycles. The Balaban J connectivity index is 1.87. The van der Waals surface area contributed by atoms with E-state index in [-0.39, 0.29) is 0 Å². The second-order valence-electron chi connectivity index (χ2n) is 5.61. The Bertz CT molecular complexity index is 840. The van der Waals surface area contributed by atoms with Gasteiger partial charge in [0.15, 0.2) is 0 Å². The summed E-state index contributed by atoms with van der Waals surface area (Å²) in [5.41, 5.74) is -0.827. The molecule has 1 aliphatic heterocycles. The van der Waals surface area contributed by atoms with Crippen molar-refractivity contribution in [1.29, 1.82) is 0 Å². The van der Waals surface area contributed by atoms with Crippen LogP contribution in [0, 0.1) is 0 Å². The number of amides is 2. The van der Waals surface area contributed by atoms with Crippen LogP contribution in [0.1, 0.15) is 13.8 Å². The average molecular weight is 361 g/mol. The van der Waals surface area contributed by atoms with Crippen molar-refractivity contribution in [2.45, 2.75) is 19.4 Å². The van der Waals surface area contributed by atoms with Crippen LogP contribution in [0.5, 0.6) is 11.5 Å². The minimum Gasteiger partial charge on any atom is -0.492 e. The van der Waals surface area contributed by atoms with Crippen molar-refractivity contribution < 1.29 is 19.1 Å². The first-order valence-corrected chi connectivity index (χ1v) is 8.15. The fourth-order valence-electron chi connectivity index (χ4n) is 2.44. The molecule has 0 bridgehead atoms. The van der Waals surface area contributed by atoms with Crippen molar-refractivity contribution in [1.82, 2.24) is 0 Å². The minimum atomic E-state index is -1.72. The molecule has 25 heavy (non-hydrogen) atoms. The van der Waals surface area contributed by atoms with E-state index in [1.54, 1.807) is 42.5 Å². The number of para-hydroxylation sites is 2. The third-order valence-electron chi connectivity index (χ3n) is 3.81. The van der Waals surface area contributed by atoms with E-state index in [1.807, 2.05) is 6.92 Å². The van der Waals surface area contributed by atoms with E-state index < -0.39 is 17.4 Å². The minimum absolute atomic E-state index is 0.375. The molecule has 1 aliphatic rings. The highest BCUT2D eigenvalue weighted by Gasteiger charge is 2.47. The zero-order valence-electron chi connectivity index (χ0n) is 13.8. The van der Waals surface area contributed by atoms with E-state index in [2.05, 4.69) is 10.6 Å². The van der Waals surface area contributed by atoms with Crippen LogP contribution in [0.15, 0.2) is 42.5 Å². The van der Waals surface area contributed by atoms with Gasteiger partial charge in [-0.05, 0) is 44.2 Å². The van der Waals surface area contributed by atoms with E-state index in [0.29, 0.717) is 34.5 Å². The van der Waals surface area contributed by atoms with Crippen LogP contribution in [-0.4, -0.2) is 24.0 Å². The number of nitrogens with one attached hydrogen (secondary N) is 2. The van der Waals surface area contributed by atoms with Crippen molar-refractivity contribution >= 4 is 34.8 Å². The molecule has 1 unspecified atom stereocenters. The van der Waals surface area contributed by atoms with Crippen LogP contribution < -0.4 is 20.1 Å². The Morgan fingerprint density at radius 1 is 1.32 bits per heavy atom. The Labute approximate surface area is 150 Å². The van der Waals surface area contributed by atoms with Gasteiger partial charge < -0.3 is 20.1 Å². The molecule has 2 aromatic rings. The third kappa shape index (κ3) is 3.25. The lowest BCUT2D eigenvalue weighted by atomic mass is 10.0. The smallest absolute Gasteiger partial charge is 0.278 e. The average Bonchev–Trinajstić information content (AvgIpc) is 2.58. The highest BCUT2D eigenvalue weighted by molar-refractivity contribution is 6.31. The lowest BCUT2D eigenvalue weighted by Crippen LogP contribution is -2.56. The zero-order valence-corrected chi connectivity index (χ0v) is 14.5. The van der Waals surface area contributed by atoms with Gasteiger partial charge in [0, 0.05) is 5.02 Å². The van der Waals surface area contributed by atoms with Gasteiger partial charge in [0.2, 0.25) is 0 Å². The van der Waals surface area contributed by atoms with Crippen LogP contribution in [0.25, 0.3) is 0 Å². The normalized spacial score (nSPS) is 18.6. The number of ether oxygens (including phenoxy) is 2.